The van der Waals surface area contributed by atoms with Crippen molar-refractivity contribution in [3.8, 4) is 0 Å². The molecule has 0 radical (unpaired) electrons. The first kappa shape index (κ1) is 24.8. The molecule has 8 aliphatic carbocycles. The molecule has 0 aromatic rings. The highest BCUT2D eigenvalue weighted by Gasteiger charge is 2.66. The molecule has 8 bridgehead atoms. The Morgan fingerprint density at radius 2 is 1.22 bits per heavy atom. The fourth-order valence-corrected chi connectivity index (χ4v) is 9.69. The molecule has 0 aromatic carbocycles. The average molecular weight is 533 g/mol. The van der Waals surface area contributed by atoms with Crippen LogP contribution >= 0.6 is 0 Å². The molecular formula is C25H34F2O8S. The Morgan fingerprint density at radius 3 is 1.72 bits per heavy atom. The lowest BCUT2D eigenvalue weighted by molar-refractivity contribution is -0.250. The van der Waals surface area contributed by atoms with Crippen molar-refractivity contribution in [3.05, 3.63) is 0 Å². The number of carbonyl (C=O) groups excluding carboxylic acids is 2. The lowest BCUT2D eigenvalue weighted by atomic mass is 9.48. The number of halogens is 2. The first-order valence-corrected chi connectivity index (χ1v) is 14.6. The van der Waals surface area contributed by atoms with Gasteiger partial charge in [-0.1, -0.05) is 0 Å². The summed E-state index contributed by atoms with van der Waals surface area (Å²) in [5.41, 5.74) is -2.68. The highest BCUT2D eigenvalue weighted by atomic mass is 32.2. The second-order valence-corrected chi connectivity index (χ2v) is 14.5. The summed E-state index contributed by atoms with van der Waals surface area (Å²) in [6.45, 7) is 3.59. The SMILES string of the molecule is CC1(OC(=O)OC23CC4CC(C2)C(C)(OC(=O)C(F)(F)S(=O)(=O)O)C(C4)C3)C2CC3CC(C2)CC1C3. The summed E-state index contributed by atoms with van der Waals surface area (Å²) in [6.07, 6.45) is 7.47. The van der Waals surface area contributed by atoms with Crippen LogP contribution in [0.2, 0.25) is 0 Å². The monoisotopic (exact) mass is 532 g/mol. The second kappa shape index (κ2) is 7.55. The largest absolute Gasteiger partial charge is 0.509 e. The van der Waals surface area contributed by atoms with Crippen LogP contribution in [0.4, 0.5) is 13.6 Å². The summed E-state index contributed by atoms with van der Waals surface area (Å²) >= 11 is 0. The van der Waals surface area contributed by atoms with Gasteiger partial charge in [-0.15, -0.1) is 0 Å². The van der Waals surface area contributed by atoms with Crippen LogP contribution in [0.25, 0.3) is 0 Å². The smallest absolute Gasteiger partial charge is 0.453 e. The summed E-state index contributed by atoms with van der Waals surface area (Å²) < 4.78 is 76.1. The van der Waals surface area contributed by atoms with Gasteiger partial charge in [0.15, 0.2) is 0 Å². The second-order valence-electron chi connectivity index (χ2n) is 13.0. The van der Waals surface area contributed by atoms with Gasteiger partial charge in [0.2, 0.25) is 0 Å². The zero-order valence-electron chi connectivity index (χ0n) is 20.6. The normalized spacial score (nSPS) is 48.6. The lowest BCUT2D eigenvalue weighted by Gasteiger charge is -2.62. The van der Waals surface area contributed by atoms with Gasteiger partial charge >= 0.3 is 27.5 Å². The van der Waals surface area contributed by atoms with E-state index in [2.05, 4.69) is 0 Å². The number of carbonyl (C=O) groups is 2. The van der Waals surface area contributed by atoms with Crippen LogP contribution in [-0.2, 0) is 29.1 Å². The molecule has 8 rings (SSSR count). The van der Waals surface area contributed by atoms with Gasteiger partial charge in [0, 0.05) is 11.8 Å². The fraction of sp³-hybridized carbons (Fsp3) is 0.920. The van der Waals surface area contributed by atoms with E-state index in [4.69, 9.17) is 18.8 Å². The van der Waals surface area contributed by atoms with Gasteiger partial charge in [0.25, 0.3) is 0 Å². The van der Waals surface area contributed by atoms with E-state index in [1.807, 2.05) is 6.92 Å². The molecule has 0 aromatic heterocycles. The van der Waals surface area contributed by atoms with Crippen LogP contribution in [0, 0.1) is 41.4 Å². The van der Waals surface area contributed by atoms with E-state index in [1.54, 1.807) is 6.92 Å². The van der Waals surface area contributed by atoms with Crippen molar-refractivity contribution in [3.63, 3.8) is 0 Å². The molecule has 8 fully saturated rings. The van der Waals surface area contributed by atoms with E-state index in [1.165, 1.54) is 6.42 Å². The zero-order valence-corrected chi connectivity index (χ0v) is 21.4. The van der Waals surface area contributed by atoms with Gasteiger partial charge in [-0.25, -0.2) is 9.59 Å². The number of rotatable bonds is 5. The Morgan fingerprint density at radius 1 is 0.750 bits per heavy atom. The Labute approximate surface area is 209 Å². The molecule has 1 N–H and O–H groups in total. The maximum atomic E-state index is 13.9. The Kier molecular flexibility index (Phi) is 5.20. The molecule has 11 heteroatoms. The van der Waals surface area contributed by atoms with Crippen molar-refractivity contribution in [1.82, 2.24) is 0 Å². The Hall–Kier alpha value is -1.49. The van der Waals surface area contributed by atoms with Crippen molar-refractivity contribution in [2.45, 2.75) is 100 Å². The van der Waals surface area contributed by atoms with E-state index in [0.717, 1.165) is 37.5 Å². The molecule has 0 saturated heterocycles. The molecule has 2 atom stereocenters. The molecule has 8 saturated carbocycles. The molecule has 8 nitrogen and oxygen atoms in total. The molecule has 2 unspecified atom stereocenters. The maximum Gasteiger partial charge on any atom is 0.509 e. The van der Waals surface area contributed by atoms with Crippen LogP contribution in [0.1, 0.15) is 78.1 Å². The van der Waals surface area contributed by atoms with Gasteiger partial charge in [-0.2, -0.15) is 17.2 Å². The average Bonchev–Trinajstić information content (AvgIpc) is 2.74. The van der Waals surface area contributed by atoms with Crippen LogP contribution in [0.3, 0.4) is 0 Å². The predicted molar refractivity (Wildman–Crippen MR) is 120 cm³/mol. The molecule has 0 aliphatic heterocycles. The summed E-state index contributed by atoms with van der Waals surface area (Å²) in [5, 5.41) is -5.04. The summed E-state index contributed by atoms with van der Waals surface area (Å²) in [6, 6.07) is 0. The maximum absolute atomic E-state index is 13.9. The third-order valence-corrected chi connectivity index (χ3v) is 11.8. The van der Waals surface area contributed by atoms with Crippen LogP contribution in [0.5, 0.6) is 0 Å². The van der Waals surface area contributed by atoms with Gasteiger partial charge in [0.1, 0.15) is 16.8 Å². The molecule has 36 heavy (non-hydrogen) atoms. The van der Waals surface area contributed by atoms with Crippen molar-refractivity contribution < 1.29 is 45.6 Å². The van der Waals surface area contributed by atoms with Gasteiger partial charge in [-0.05, 0) is 108 Å². The lowest BCUT2D eigenvalue weighted by Crippen LogP contribution is -2.65. The number of hydrogen-bond acceptors (Lipinski definition) is 7. The highest BCUT2D eigenvalue weighted by molar-refractivity contribution is 7.87. The third-order valence-electron chi connectivity index (χ3n) is 11.0. The minimum absolute atomic E-state index is 0.181. The fourth-order valence-electron chi connectivity index (χ4n) is 9.44. The zero-order chi connectivity index (χ0) is 25.9. The summed E-state index contributed by atoms with van der Waals surface area (Å²) in [7, 11) is -5.95. The first-order chi connectivity index (χ1) is 16.6. The van der Waals surface area contributed by atoms with Crippen molar-refractivity contribution >= 4 is 22.2 Å². The molecule has 0 spiro atoms. The summed E-state index contributed by atoms with van der Waals surface area (Å²) in [4.78, 5) is 25.3. The Balaban J connectivity index is 1.16. The third kappa shape index (κ3) is 3.54. The van der Waals surface area contributed by atoms with E-state index >= 15 is 0 Å². The van der Waals surface area contributed by atoms with E-state index in [0.29, 0.717) is 43.9 Å². The quantitative estimate of drug-likeness (QED) is 0.400. The predicted octanol–water partition coefficient (Wildman–Crippen LogP) is 4.72. The molecular weight excluding hydrogens is 498 g/mol. The topological polar surface area (TPSA) is 116 Å². The van der Waals surface area contributed by atoms with Gasteiger partial charge in [-0.3, -0.25) is 4.55 Å². The first-order valence-electron chi connectivity index (χ1n) is 13.1. The Bertz CT molecular complexity index is 1040. The van der Waals surface area contributed by atoms with Crippen LogP contribution < -0.4 is 0 Å². The minimum atomic E-state index is -5.95. The molecule has 0 amide bonds. The number of hydrogen-bond donors (Lipinski definition) is 1. The minimum Gasteiger partial charge on any atom is -0.453 e. The molecule has 8 aliphatic rings. The van der Waals surface area contributed by atoms with Gasteiger partial charge < -0.3 is 14.2 Å². The number of esters is 1. The summed E-state index contributed by atoms with van der Waals surface area (Å²) in [5.74, 6) is -0.683. The van der Waals surface area contributed by atoms with Crippen molar-refractivity contribution in [2.24, 2.45) is 41.4 Å². The van der Waals surface area contributed by atoms with Crippen LogP contribution in [0.15, 0.2) is 0 Å². The van der Waals surface area contributed by atoms with E-state index < -0.39 is 44.3 Å². The van der Waals surface area contributed by atoms with E-state index in [-0.39, 0.29) is 17.8 Å². The van der Waals surface area contributed by atoms with Crippen LogP contribution in [-0.4, -0.2) is 47.2 Å². The number of ether oxygens (including phenoxy) is 3. The van der Waals surface area contributed by atoms with Crippen molar-refractivity contribution in [2.75, 3.05) is 0 Å². The van der Waals surface area contributed by atoms with Crippen molar-refractivity contribution in [1.29, 1.82) is 0 Å². The van der Waals surface area contributed by atoms with Gasteiger partial charge in [0.05, 0.1) is 0 Å². The molecule has 202 valence electrons. The number of alkyl halides is 2. The standard InChI is InChI=1S/C25H34F2O8S/c1-22(16-4-13-3-14(6-16)7-17(22)5-13)34-21(29)35-24-10-15-8-18(11-24)23(2,19(9-15)12-24)33-20(28)25(26,27)36(30,31)32/h13-19H,3-12H2,1-2H3,(H,30,31,32). The molecule has 0 heterocycles. The van der Waals surface area contributed by atoms with E-state index in [9.17, 15) is 26.8 Å². The highest BCUT2D eigenvalue weighted by Crippen LogP contribution is 2.63.